The molecule has 0 heterocycles. The number of carbonyl (C=O) groups excluding carboxylic acids is 1. The zero-order chi connectivity index (χ0) is 15.1. The van der Waals surface area contributed by atoms with Crippen molar-refractivity contribution in [3.63, 3.8) is 0 Å². The van der Waals surface area contributed by atoms with E-state index in [1.54, 1.807) is 0 Å². The molecule has 3 heteroatoms. The smallest absolute Gasteiger partial charge is 0.224 e. The maximum absolute atomic E-state index is 11.9. The van der Waals surface area contributed by atoms with Crippen LogP contribution in [0.2, 0.25) is 5.02 Å². The SMILES string of the molecule is Cc1ccc(CCCNC(=O)Cc2ccccc2Cl)cc1. The summed E-state index contributed by atoms with van der Waals surface area (Å²) in [5.74, 6) is 0.0204. The van der Waals surface area contributed by atoms with E-state index in [1.807, 2.05) is 24.3 Å². The molecule has 0 aliphatic rings. The molecule has 0 fully saturated rings. The summed E-state index contributed by atoms with van der Waals surface area (Å²) in [5, 5.41) is 3.59. The van der Waals surface area contributed by atoms with E-state index in [-0.39, 0.29) is 5.91 Å². The zero-order valence-electron chi connectivity index (χ0n) is 12.2. The lowest BCUT2D eigenvalue weighted by atomic mass is 10.1. The van der Waals surface area contributed by atoms with Crippen molar-refractivity contribution < 1.29 is 4.79 Å². The molecule has 0 radical (unpaired) electrons. The molecule has 0 saturated heterocycles. The number of amides is 1. The maximum atomic E-state index is 11.9. The molecule has 0 aliphatic carbocycles. The van der Waals surface area contributed by atoms with Gasteiger partial charge in [0.2, 0.25) is 5.91 Å². The number of halogens is 1. The van der Waals surface area contributed by atoms with Gasteiger partial charge in [0, 0.05) is 11.6 Å². The van der Waals surface area contributed by atoms with Gasteiger partial charge in [0.1, 0.15) is 0 Å². The van der Waals surface area contributed by atoms with Gasteiger partial charge >= 0.3 is 0 Å². The van der Waals surface area contributed by atoms with Gasteiger partial charge in [-0.2, -0.15) is 0 Å². The fourth-order valence-electron chi connectivity index (χ4n) is 2.15. The number of nitrogens with one attached hydrogen (secondary N) is 1. The predicted molar refractivity (Wildman–Crippen MR) is 87.7 cm³/mol. The van der Waals surface area contributed by atoms with Crippen LogP contribution in [0.5, 0.6) is 0 Å². The minimum atomic E-state index is 0.0204. The highest BCUT2D eigenvalue weighted by Crippen LogP contribution is 2.15. The number of hydrogen-bond donors (Lipinski definition) is 1. The Morgan fingerprint density at radius 3 is 2.52 bits per heavy atom. The summed E-state index contributed by atoms with van der Waals surface area (Å²) in [4.78, 5) is 11.9. The van der Waals surface area contributed by atoms with Crippen LogP contribution in [0.15, 0.2) is 48.5 Å². The molecule has 0 bridgehead atoms. The van der Waals surface area contributed by atoms with Gasteiger partial charge in [-0.05, 0) is 37.0 Å². The zero-order valence-corrected chi connectivity index (χ0v) is 13.0. The molecule has 0 unspecified atom stereocenters. The highest BCUT2D eigenvalue weighted by molar-refractivity contribution is 6.31. The molecule has 2 rings (SSSR count). The summed E-state index contributed by atoms with van der Waals surface area (Å²) in [6.45, 7) is 2.77. The quantitative estimate of drug-likeness (QED) is 0.805. The minimum Gasteiger partial charge on any atom is -0.356 e. The Hall–Kier alpha value is -1.80. The molecular weight excluding hydrogens is 282 g/mol. The second kappa shape index (κ2) is 7.84. The van der Waals surface area contributed by atoms with Gasteiger partial charge in [0.15, 0.2) is 0 Å². The lowest BCUT2D eigenvalue weighted by Crippen LogP contribution is -2.26. The summed E-state index contributed by atoms with van der Waals surface area (Å²) in [7, 11) is 0. The Labute approximate surface area is 131 Å². The predicted octanol–water partition coefficient (Wildman–Crippen LogP) is 3.94. The Morgan fingerprint density at radius 1 is 1.10 bits per heavy atom. The molecular formula is C18H20ClNO. The lowest BCUT2D eigenvalue weighted by molar-refractivity contribution is -0.120. The van der Waals surface area contributed by atoms with Gasteiger partial charge in [0.25, 0.3) is 0 Å². The van der Waals surface area contributed by atoms with E-state index in [4.69, 9.17) is 11.6 Å². The van der Waals surface area contributed by atoms with Crippen LogP contribution in [0.1, 0.15) is 23.1 Å². The average Bonchev–Trinajstić information content (AvgIpc) is 2.48. The van der Waals surface area contributed by atoms with Crippen LogP contribution in [-0.2, 0) is 17.6 Å². The number of carbonyl (C=O) groups is 1. The summed E-state index contributed by atoms with van der Waals surface area (Å²) < 4.78 is 0. The molecule has 0 spiro atoms. The van der Waals surface area contributed by atoms with Gasteiger partial charge < -0.3 is 5.32 Å². The lowest BCUT2D eigenvalue weighted by Gasteiger charge is -2.07. The number of rotatable bonds is 6. The highest BCUT2D eigenvalue weighted by Gasteiger charge is 2.05. The van der Waals surface area contributed by atoms with Crippen molar-refractivity contribution in [3.8, 4) is 0 Å². The topological polar surface area (TPSA) is 29.1 Å². The fraction of sp³-hybridized carbons (Fsp3) is 0.278. The highest BCUT2D eigenvalue weighted by atomic mass is 35.5. The van der Waals surface area contributed by atoms with Crippen molar-refractivity contribution in [2.24, 2.45) is 0 Å². The van der Waals surface area contributed by atoms with E-state index in [0.717, 1.165) is 18.4 Å². The number of benzene rings is 2. The molecule has 1 amide bonds. The molecule has 0 aliphatic heterocycles. The van der Waals surface area contributed by atoms with Crippen molar-refractivity contribution in [1.82, 2.24) is 5.32 Å². The molecule has 0 saturated carbocycles. The summed E-state index contributed by atoms with van der Waals surface area (Å²) in [6, 6.07) is 16.0. The average molecular weight is 302 g/mol. The Morgan fingerprint density at radius 2 is 1.81 bits per heavy atom. The molecule has 0 aromatic heterocycles. The van der Waals surface area contributed by atoms with Gasteiger partial charge in [-0.25, -0.2) is 0 Å². The largest absolute Gasteiger partial charge is 0.356 e. The maximum Gasteiger partial charge on any atom is 0.224 e. The van der Waals surface area contributed by atoms with Crippen LogP contribution in [0.25, 0.3) is 0 Å². The third-order valence-electron chi connectivity index (χ3n) is 3.39. The Balaban J connectivity index is 1.70. The van der Waals surface area contributed by atoms with Crippen LogP contribution in [0.3, 0.4) is 0 Å². The summed E-state index contributed by atoms with van der Waals surface area (Å²) in [6.07, 6.45) is 2.26. The van der Waals surface area contributed by atoms with Crippen LogP contribution >= 0.6 is 11.6 Å². The molecule has 2 nitrogen and oxygen atoms in total. The first-order chi connectivity index (χ1) is 10.1. The first-order valence-electron chi connectivity index (χ1n) is 7.21. The monoisotopic (exact) mass is 301 g/mol. The van der Waals surface area contributed by atoms with Crippen molar-refractivity contribution in [2.45, 2.75) is 26.2 Å². The molecule has 1 N–H and O–H groups in total. The first kappa shape index (κ1) is 15.6. The van der Waals surface area contributed by atoms with Crippen molar-refractivity contribution >= 4 is 17.5 Å². The minimum absolute atomic E-state index is 0.0204. The van der Waals surface area contributed by atoms with Gasteiger partial charge in [-0.3, -0.25) is 4.79 Å². The molecule has 110 valence electrons. The van der Waals surface area contributed by atoms with Crippen LogP contribution in [0.4, 0.5) is 0 Å². The standard InChI is InChI=1S/C18H20ClNO/c1-14-8-10-15(11-9-14)5-4-12-20-18(21)13-16-6-2-3-7-17(16)19/h2-3,6-11H,4-5,12-13H2,1H3,(H,20,21). The van der Waals surface area contributed by atoms with Crippen molar-refractivity contribution in [1.29, 1.82) is 0 Å². The van der Waals surface area contributed by atoms with Crippen molar-refractivity contribution in [3.05, 3.63) is 70.2 Å². The second-order valence-corrected chi connectivity index (χ2v) is 5.61. The van der Waals surface area contributed by atoms with E-state index in [9.17, 15) is 4.79 Å². The Bertz CT molecular complexity index is 592. The van der Waals surface area contributed by atoms with Gasteiger partial charge in [-0.15, -0.1) is 0 Å². The molecule has 0 atom stereocenters. The van der Waals surface area contributed by atoms with Crippen LogP contribution in [0, 0.1) is 6.92 Å². The van der Waals surface area contributed by atoms with E-state index in [2.05, 4.69) is 36.5 Å². The van der Waals surface area contributed by atoms with E-state index in [0.29, 0.717) is 18.0 Å². The molecule has 21 heavy (non-hydrogen) atoms. The first-order valence-corrected chi connectivity index (χ1v) is 7.58. The van der Waals surface area contributed by atoms with E-state index < -0.39 is 0 Å². The molecule has 2 aromatic rings. The fourth-order valence-corrected chi connectivity index (χ4v) is 2.35. The van der Waals surface area contributed by atoms with E-state index >= 15 is 0 Å². The van der Waals surface area contributed by atoms with Crippen LogP contribution < -0.4 is 5.32 Å². The summed E-state index contributed by atoms with van der Waals surface area (Å²) >= 11 is 6.04. The third-order valence-corrected chi connectivity index (χ3v) is 3.76. The molecule has 2 aromatic carbocycles. The number of hydrogen-bond acceptors (Lipinski definition) is 1. The van der Waals surface area contributed by atoms with Crippen molar-refractivity contribution in [2.75, 3.05) is 6.54 Å². The van der Waals surface area contributed by atoms with Gasteiger partial charge in [0.05, 0.1) is 6.42 Å². The summed E-state index contributed by atoms with van der Waals surface area (Å²) in [5.41, 5.74) is 3.45. The Kier molecular flexibility index (Phi) is 5.82. The van der Waals surface area contributed by atoms with Gasteiger partial charge in [-0.1, -0.05) is 59.6 Å². The van der Waals surface area contributed by atoms with Crippen LogP contribution in [-0.4, -0.2) is 12.5 Å². The number of aryl methyl sites for hydroxylation is 2. The van der Waals surface area contributed by atoms with E-state index in [1.165, 1.54) is 11.1 Å². The normalized spacial score (nSPS) is 10.4. The second-order valence-electron chi connectivity index (χ2n) is 5.21. The third kappa shape index (κ3) is 5.24.